The zero-order valence-electron chi connectivity index (χ0n) is 9.69. The molecule has 19 heavy (non-hydrogen) atoms. The molecule has 0 radical (unpaired) electrons. The molecule has 2 rings (SSSR count). The number of amides is 1. The molecule has 7 nitrogen and oxygen atoms in total. The van der Waals surface area contributed by atoms with Crippen molar-refractivity contribution in [2.75, 3.05) is 13.1 Å². The van der Waals surface area contributed by atoms with Gasteiger partial charge in [-0.2, -0.15) is 4.39 Å². The molecule has 2 N–H and O–H groups in total. The van der Waals surface area contributed by atoms with Crippen LogP contribution >= 0.6 is 0 Å². The highest BCUT2D eigenvalue weighted by molar-refractivity contribution is 5.94. The van der Waals surface area contributed by atoms with Gasteiger partial charge in [0, 0.05) is 24.7 Å². The number of hydrogen-bond acceptors (Lipinski definition) is 5. The van der Waals surface area contributed by atoms with Gasteiger partial charge in [0.15, 0.2) is 0 Å². The van der Waals surface area contributed by atoms with Crippen LogP contribution in [-0.2, 0) is 0 Å². The first-order chi connectivity index (χ1) is 8.90. The van der Waals surface area contributed by atoms with Gasteiger partial charge in [0.1, 0.15) is 0 Å². The number of benzene rings is 1. The summed E-state index contributed by atoms with van der Waals surface area (Å²) >= 11 is 0. The van der Waals surface area contributed by atoms with Crippen LogP contribution in [0.2, 0.25) is 0 Å². The lowest BCUT2D eigenvalue weighted by Crippen LogP contribution is -2.29. The molecule has 0 bridgehead atoms. The minimum atomic E-state index is -1.10. The van der Waals surface area contributed by atoms with E-state index in [1.165, 1.54) is 0 Å². The van der Waals surface area contributed by atoms with Gasteiger partial charge in [0.2, 0.25) is 5.82 Å². The van der Waals surface area contributed by atoms with E-state index in [2.05, 4.69) is 0 Å². The molecule has 1 saturated heterocycles. The number of nitro benzene ring substituents is 1. The maximum atomic E-state index is 13.4. The standard InChI is InChI=1S/C11H11FN2O5/c12-7-3-6(1-2-8(7)14(18)19)11(17)13-4-9(15)10(16)5-13/h1-3,9-10,15-16H,4-5H2/t9-,10+. The predicted octanol–water partition coefficient (Wildman–Crippen LogP) is -0.0885. The van der Waals surface area contributed by atoms with E-state index in [1.54, 1.807) is 0 Å². The van der Waals surface area contributed by atoms with Crippen molar-refractivity contribution in [3.05, 3.63) is 39.7 Å². The smallest absolute Gasteiger partial charge is 0.304 e. The Morgan fingerprint density at radius 3 is 2.42 bits per heavy atom. The first-order valence-corrected chi connectivity index (χ1v) is 5.49. The fraction of sp³-hybridized carbons (Fsp3) is 0.364. The number of carbonyl (C=O) groups excluding carboxylic acids is 1. The molecule has 1 fully saturated rings. The van der Waals surface area contributed by atoms with Crippen LogP contribution in [0.15, 0.2) is 18.2 Å². The average molecular weight is 270 g/mol. The summed E-state index contributed by atoms with van der Waals surface area (Å²) in [5.74, 6) is -1.69. The summed E-state index contributed by atoms with van der Waals surface area (Å²) < 4.78 is 13.4. The van der Waals surface area contributed by atoms with E-state index < -0.39 is 34.5 Å². The minimum Gasteiger partial charge on any atom is -0.388 e. The number of aliphatic hydroxyl groups excluding tert-OH is 2. The highest BCUT2D eigenvalue weighted by Crippen LogP contribution is 2.20. The SMILES string of the molecule is O=C(c1ccc([N+](=O)[O-])c(F)c1)N1C[C@@H](O)[C@@H](O)C1. The van der Waals surface area contributed by atoms with Crippen molar-refractivity contribution in [2.24, 2.45) is 0 Å². The van der Waals surface area contributed by atoms with E-state index in [1.807, 2.05) is 0 Å². The molecule has 1 aliphatic heterocycles. The Balaban J connectivity index is 2.21. The molecule has 102 valence electrons. The summed E-state index contributed by atoms with van der Waals surface area (Å²) in [6.07, 6.45) is -2.07. The number of aliphatic hydroxyl groups is 2. The number of nitrogens with zero attached hydrogens (tertiary/aromatic N) is 2. The molecule has 1 aliphatic rings. The van der Waals surface area contributed by atoms with Gasteiger partial charge in [0.25, 0.3) is 5.91 Å². The zero-order valence-corrected chi connectivity index (χ0v) is 9.69. The van der Waals surface area contributed by atoms with Crippen LogP contribution < -0.4 is 0 Å². The third-order valence-electron chi connectivity index (χ3n) is 2.94. The Kier molecular flexibility index (Phi) is 3.45. The van der Waals surface area contributed by atoms with Gasteiger partial charge in [-0.15, -0.1) is 0 Å². The number of hydrogen-bond donors (Lipinski definition) is 2. The van der Waals surface area contributed by atoms with Gasteiger partial charge >= 0.3 is 5.69 Å². The number of halogens is 1. The molecule has 1 amide bonds. The monoisotopic (exact) mass is 270 g/mol. The largest absolute Gasteiger partial charge is 0.388 e. The zero-order chi connectivity index (χ0) is 14.2. The Labute approximate surface area is 107 Å². The van der Waals surface area contributed by atoms with Gasteiger partial charge in [-0.05, 0) is 12.1 Å². The third-order valence-corrected chi connectivity index (χ3v) is 2.94. The second-order valence-corrected chi connectivity index (χ2v) is 4.27. The first-order valence-electron chi connectivity index (χ1n) is 5.49. The van der Waals surface area contributed by atoms with Crippen LogP contribution in [0.1, 0.15) is 10.4 Å². The number of nitro groups is 1. The van der Waals surface area contributed by atoms with Crippen molar-refractivity contribution in [1.82, 2.24) is 4.90 Å². The van der Waals surface area contributed by atoms with E-state index in [9.17, 15) is 29.5 Å². The van der Waals surface area contributed by atoms with Gasteiger partial charge in [-0.3, -0.25) is 14.9 Å². The summed E-state index contributed by atoms with van der Waals surface area (Å²) in [4.78, 5) is 22.7. The maximum absolute atomic E-state index is 13.4. The molecule has 0 aromatic heterocycles. The van der Waals surface area contributed by atoms with E-state index >= 15 is 0 Å². The van der Waals surface area contributed by atoms with Gasteiger partial charge in [-0.1, -0.05) is 0 Å². The molecule has 0 spiro atoms. The third kappa shape index (κ3) is 2.54. The fourth-order valence-corrected chi connectivity index (χ4v) is 1.91. The molecular weight excluding hydrogens is 259 g/mol. The normalized spacial score (nSPS) is 22.6. The van der Waals surface area contributed by atoms with Crippen molar-refractivity contribution >= 4 is 11.6 Å². The van der Waals surface area contributed by atoms with Crippen molar-refractivity contribution in [1.29, 1.82) is 0 Å². The molecule has 1 heterocycles. The highest BCUT2D eigenvalue weighted by atomic mass is 19.1. The topological polar surface area (TPSA) is 104 Å². The van der Waals surface area contributed by atoms with E-state index in [-0.39, 0.29) is 18.7 Å². The first kappa shape index (κ1) is 13.4. The number of likely N-dealkylation sites (tertiary alicyclic amines) is 1. The van der Waals surface area contributed by atoms with Crippen LogP contribution in [0.3, 0.4) is 0 Å². The Hall–Kier alpha value is -2.06. The lowest BCUT2D eigenvalue weighted by atomic mass is 10.1. The van der Waals surface area contributed by atoms with Gasteiger partial charge in [0.05, 0.1) is 17.1 Å². The molecular formula is C11H11FN2O5. The van der Waals surface area contributed by atoms with Crippen LogP contribution in [0.25, 0.3) is 0 Å². The van der Waals surface area contributed by atoms with Crippen molar-refractivity contribution in [3.63, 3.8) is 0 Å². The van der Waals surface area contributed by atoms with Crippen LogP contribution in [-0.4, -0.2) is 51.2 Å². The van der Waals surface area contributed by atoms with Crippen molar-refractivity contribution in [3.8, 4) is 0 Å². The van der Waals surface area contributed by atoms with Gasteiger partial charge in [-0.25, -0.2) is 0 Å². The van der Waals surface area contributed by atoms with E-state index in [0.29, 0.717) is 0 Å². The summed E-state index contributed by atoms with van der Waals surface area (Å²) in [6, 6.07) is 2.82. The summed E-state index contributed by atoms with van der Waals surface area (Å²) in [6.45, 7) is -0.114. The second kappa shape index (κ2) is 4.90. The molecule has 0 saturated carbocycles. The fourth-order valence-electron chi connectivity index (χ4n) is 1.91. The maximum Gasteiger partial charge on any atom is 0.304 e. The Morgan fingerprint density at radius 1 is 1.37 bits per heavy atom. The molecule has 0 aliphatic carbocycles. The van der Waals surface area contributed by atoms with Crippen molar-refractivity contribution in [2.45, 2.75) is 12.2 Å². The number of carbonyl (C=O) groups is 1. The van der Waals surface area contributed by atoms with Crippen molar-refractivity contribution < 1.29 is 24.3 Å². The number of rotatable bonds is 2. The molecule has 0 unspecified atom stereocenters. The average Bonchev–Trinajstić information content (AvgIpc) is 2.68. The molecule has 1 aromatic rings. The van der Waals surface area contributed by atoms with Crippen LogP contribution in [0.4, 0.5) is 10.1 Å². The predicted molar refractivity (Wildman–Crippen MR) is 61.0 cm³/mol. The van der Waals surface area contributed by atoms with Crippen LogP contribution in [0, 0.1) is 15.9 Å². The summed E-state index contributed by atoms with van der Waals surface area (Å²) in [7, 11) is 0. The second-order valence-electron chi connectivity index (χ2n) is 4.27. The van der Waals surface area contributed by atoms with Crippen LogP contribution in [0.5, 0.6) is 0 Å². The molecule has 2 atom stereocenters. The molecule has 8 heteroatoms. The lowest BCUT2D eigenvalue weighted by molar-refractivity contribution is -0.387. The minimum absolute atomic E-state index is 0.0569. The number of β-amino-alcohol motifs (C(OH)–C–C–N with tert-alkyl or cyclic N) is 2. The lowest BCUT2D eigenvalue weighted by Gasteiger charge is -2.15. The Bertz CT molecular complexity index is 526. The quantitative estimate of drug-likeness (QED) is 0.577. The van der Waals surface area contributed by atoms with E-state index in [4.69, 9.17) is 0 Å². The van der Waals surface area contributed by atoms with E-state index in [0.717, 1.165) is 23.1 Å². The Morgan fingerprint density at radius 2 is 1.95 bits per heavy atom. The highest BCUT2D eigenvalue weighted by Gasteiger charge is 2.33. The van der Waals surface area contributed by atoms with Gasteiger partial charge < -0.3 is 15.1 Å². The molecule has 1 aromatic carbocycles. The summed E-state index contributed by atoms with van der Waals surface area (Å²) in [5.41, 5.74) is -0.776. The summed E-state index contributed by atoms with van der Waals surface area (Å²) in [5, 5.41) is 29.1.